The van der Waals surface area contributed by atoms with E-state index in [-0.39, 0.29) is 18.1 Å². The zero-order chi connectivity index (χ0) is 25.5. The second-order valence-electron chi connectivity index (χ2n) is 8.01. The molecule has 1 atom stereocenters. The van der Waals surface area contributed by atoms with Gasteiger partial charge in [0.25, 0.3) is 0 Å². The van der Waals surface area contributed by atoms with Crippen LogP contribution in [0.3, 0.4) is 0 Å². The van der Waals surface area contributed by atoms with Crippen molar-refractivity contribution in [1.29, 1.82) is 0 Å². The molecule has 10 heteroatoms. The van der Waals surface area contributed by atoms with Gasteiger partial charge in [-0.25, -0.2) is 8.70 Å². The first kappa shape index (κ1) is 27.3. The quantitative estimate of drug-likeness (QED) is 0.522. The highest BCUT2D eigenvalue weighted by molar-refractivity contribution is 7.90. The minimum atomic E-state index is -4.21. The third kappa shape index (κ3) is 6.32. The summed E-state index contributed by atoms with van der Waals surface area (Å²) in [4.78, 5) is 27.8. The lowest BCUT2D eigenvalue weighted by Crippen LogP contribution is -2.53. The number of hydrogen-bond donors (Lipinski definition) is 1. The first-order valence-corrected chi connectivity index (χ1v) is 12.5. The molecule has 1 N–H and O–H groups in total. The highest BCUT2D eigenvalue weighted by atomic mass is 32.2. The van der Waals surface area contributed by atoms with Crippen molar-refractivity contribution in [3.8, 4) is 0 Å². The lowest BCUT2D eigenvalue weighted by molar-refractivity contribution is -0.140. The molecule has 8 nitrogen and oxygen atoms in total. The van der Waals surface area contributed by atoms with Crippen LogP contribution in [-0.2, 0) is 26.3 Å². The third-order valence-electron chi connectivity index (χ3n) is 5.48. The summed E-state index contributed by atoms with van der Waals surface area (Å²) in [5, 5.41) is 2.74. The lowest BCUT2D eigenvalue weighted by atomic mass is 10.1. The van der Waals surface area contributed by atoms with Crippen LogP contribution >= 0.6 is 0 Å². The summed E-state index contributed by atoms with van der Waals surface area (Å²) in [5.41, 5.74) is 1.51. The van der Waals surface area contributed by atoms with Crippen molar-refractivity contribution in [2.24, 2.45) is 0 Å². The number of anilines is 1. The molecule has 0 fully saturated rings. The summed E-state index contributed by atoms with van der Waals surface area (Å²) in [6.45, 7) is 5.29. The van der Waals surface area contributed by atoms with E-state index in [1.165, 1.54) is 37.2 Å². The van der Waals surface area contributed by atoms with Crippen molar-refractivity contribution < 1.29 is 22.4 Å². The molecule has 0 bridgehead atoms. The largest absolute Gasteiger partial charge is 0.355 e. The van der Waals surface area contributed by atoms with Gasteiger partial charge in [0, 0.05) is 27.2 Å². The van der Waals surface area contributed by atoms with Crippen LogP contribution in [0.15, 0.2) is 48.5 Å². The fourth-order valence-corrected chi connectivity index (χ4v) is 4.60. The topological polar surface area (TPSA) is 90.0 Å². The maximum atomic E-state index is 14.6. The fourth-order valence-electron chi connectivity index (χ4n) is 3.54. The van der Waals surface area contributed by atoms with Gasteiger partial charge in [0.2, 0.25) is 11.8 Å². The average molecular weight is 493 g/mol. The van der Waals surface area contributed by atoms with Gasteiger partial charge < -0.3 is 10.2 Å². The van der Waals surface area contributed by atoms with E-state index in [2.05, 4.69) is 5.32 Å². The van der Waals surface area contributed by atoms with Crippen LogP contribution in [0, 0.1) is 12.7 Å². The van der Waals surface area contributed by atoms with E-state index >= 15 is 0 Å². The van der Waals surface area contributed by atoms with Gasteiger partial charge in [-0.1, -0.05) is 43.3 Å². The predicted octanol–water partition coefficient (Wildman–Crippen LogP) is 2.69. The normalized spacial score (nSPS) is 12.3. The monoisotopic (exact) mass is 492 g/mol. The van der Waals surface area contributed by atoms with Crippen molar-refractivity contribution in [3.05, 3.63) is 65.5 Å². The number of hydrogen-bond acceptors (Lipinski definition) is 4. The number of para-hydroxylation sites is 1. The Morgan fingerprint density at radius 3 is 2.21 bits per heavy atom. The van der Waals surface area contributed by atoms with E-state index in [0.29, 0.717) is 13.0 Å². The van der Waals surface area contributed by atoms with Crippen LogP contribution in [-0.4, -0.2) is 62.7 Å². The second kappa shape index (κ2) is 11.9. The molecule has 1 unspecified atom stereocenters. The van der Waals surface area contributed by atoms with Crippen molar-refractivity contribution in [3.63, 3.8) is 0 Å². The Hall–Kier alpha value is -2.98. The van der Waals surface area contributed by atoms with Gasteiger partial charge in [0.1, 0.15) is 18.4 Å². The summed E-state index contributed by atoms with van der Waals surface area (Å²) < 4.78 is 42.4. The molecule has 0 aliphatic heterocycles. The number of nitrogens with one attached hydrogen (secondary N) is 1. The lowest BCUT2D eigenvalue weighted by Gasteiger charge is -2.34. The third-order valence-corrected chi connectivity index (χ3v) is 7.28. The maximum Gasteiger partial charge on any atom is 0.304 e. The number of likely N-dealkylation sites (N-methyl/N-ethyl adjacent to an activating group) is 1. The molecule has 2 aromatic carbocycles. The standard InChI is InChI=1S/C24H33FN4O4S/c1-6-21(24(31)26-7-2)28(16-19-13-9-8-12-18(19)3)23(30)17-29(34(32,33)27(4)5)22-15-11-10-14-20(22)25/h8-15,21H,6-7,16-17H2,1-5H3,(H,26,31). The van der Waals surface area contributed by atoms with E-state index in [1.807, 2.05) is 31.2 Å². The molecule has 2 aromatic rings. The van der Waals surface area contributed by atoms with Crippen LogP contribution in [0.5, 0.6) is 0 Å². The molecule has 0 aromatic heterocycles. The van der Waals surface area contributed by atoms with Crippen LogP contribution in [0.1, 0.15) is 31.4 Å². The molecule has 34 heavy (non-hydrogen) atoms. The molecular weight excluding hydrogens is 459 g/mol. The number of carbonyl (C=O) groups is 2. The van der Waals surface area contributed by atoms with Gasteiger partial charge in [-0.05, 0) is 43.5 Å². The number of carbonyl (C=O) groups excluding carboxylic acids is 2. The zero-order valence-corrected chi connectivity index (χ0v) is 21.1. The number of aryl methyl sites for hydroxylation is 1. The summed E-state index contributed by atoms with van der Waals surface area (Å²) in [5.74, 6) is -1.73. The zero-order valence-electron chi connectivity index (χ0n) is 20.3. The van der Waals surface area contributed by atoms with E-state index in [4.69, 9.17) is 0 Å². The molecule has 0 heterocycles. The molecule has 0 saturated heterocycles. The van der Waals surface area contributed by atoms with Crippen LogP contribution in [0.4, 0.5) is 10.1 Å². The van der Waals surface area contributed by atoms with Gasteiger partial charge in [-0.2, -0.15) is 12.7 Å². The van der Waals surface area contributed by atoms with E-state index in [1.54, 1.807) is 13.8 Å². The fraction of sp³-hybridized carbons (Fsp3) is 0.417. The van der Waals surface area contributed by atoms with E-state index in [9.17, 15) is 22.4 Å². The first-order valence-electron chi connectivity index (χ1n) is 11.1. The van der Waals surface area contributed by atoms with E-state index < -0.39 is 34.5 Å². The minimum absolute atomic E-state index is 0.105. The number of halogens is 1. The number of rotatable bonds is 11. The van der Waals surface area contributed by atoms with Gasteiger partial charge in [-0.15, -0.1) is 0 Å². The Morgan fingerprint density at radius 1 is 1.03 bits per heavy atom. The Kier molecular flexibility index (Phi) is 9.57. The van der Waals surface area contributed by atoms with Crippen LogP contribution < -0.4 is 9.62 Å². The Morgan fingerprint density at radius 2 is 1.65 bits per heavy atom. The Balaban J connectivity index is 2.53. The molecule has 0 saturated carbocycles. The smallest absolute Gasteiger partial charge is 0.304 e. The molecule has 0 radical (unpaired) electrons. The van der Waals surface area contributed by atoms with Crippen molar-refractivity contribution in [2.75, 3.05) is 31.5 Å². The molecule has 186 valence electrons. The summed E-state index contributed by atoms with van der Waals surface area (Å²) >= 11 is 0. The highest BCUT2D eigenvalue weighted by Gasteiger charge is 2.34. The Labute approximate surface area is 201 Å². The SMILES string of the molecule is CCNC(=O)C(CC)N(Cc1ccccc1C)C(=O)CN(c1ccccc1F)S(=O)(=O)N(C)C. The van der Waals surface area contributed by atoms with Crippen LogP contribution in [0.25, 0.3) is 0 Å². The molecule has 0 spiro atoms. The van der Waals surface area contributed by atoms with Crippen molar-refractivity contribution in [2.45, 2.75) is 39.8 Å². The first-order chi connectivity index (χ1) is 16.0. The second-order valence-corrected chi connectivity index (χ2v) is 10.1. The van der Waals surface area contributed by atoms with Gasteiger partial charge in [-0.3, -0.25) is 9.59 Å². The molecule has 2 amide bonds. The van der Waals surface area contributed by atoms with Crippen molar-refractivity contribution >= 4 is 27.7 Å². The molecular formula is C24H33FN4O4S. The average Bonchev–Trinajstić information content (AvgIpc) is 2.79. The number of amides is 2. The summed E-state index contributed by atoms with van der Waals surface area (Å²) in [6.07, 6.45) is 0.323. The minimum Gasteiger partial charge on any atom is -0.355 e. The summed E-state index contributed by atoms with van der Waals surface area (Å²) in [6, 6.07) is 12.0. The van der Waals surface area contributed by atoms with Crippen molar-refractivity contribution in [1.82, 2.24) is 14.5 Å². The molecule has 0 aliphatic carbocycles. The summed E-state index contributed by atoms with van der Waals surface area (Å²) in [7, 11) is -1.59. The molecule has 0 aliphatic rings. The number of benzene rings is 2. The molecule has 2 rings (SSSR count). The maximum absolute atomic E-state index is 14.6. The van der Waals surface area contributed by atoms with E-state index in [0.717, 1.165) is 25.8 Å². The van der Waals surface area contributed by atoms with Crippen LogP contribution in [0.2, 0.25) is 0 Å². The predicted molar refractivity (Wildman–Crippen MR) is 131 cm³/mol. The van der Waals surface area contributed by atoms with Gasteiger partial charge in [0.15, 0.2) is 0 Å². The Bertz CT molecular complexity index is 1110. The number of nitrogens with zero attached hydrogens (tertiary/aromatic N) is 3. The highest BCUT2D eigenvalue weighted by Crippen LogP contribution is 2.24. The van der Waals surface area contributed by atoms with Gasteiger partial charge >= 0.3 is 10.2 Å². The van der Waals surface area contributed by atoms with Gasteiger partial charge in [0.05, 0.1) is 5.69 Å².